The number of aryl methyl sites for hydroxylation is 2. The lowest BCUT2D eigenvalue weighted by atomic mass is 10.2. The minimum Gasteiger partial charge on any atom is -0.476 e. The van der Waals surface area contributed by atoms with E-state index in [4.69, 9.17) is 5.11 Å². The van der Waals surface area contributed by atoms with Crippen LogP contribution >= 0.6 is 11.3 Å². The van der Waals surface area contributed by atoms with Crippen LogP contribution in [0.5, 0.6) is 0 Å². The van der Waals surface area contributed by atoms with Gasteiger partial charge in [0.05, 0.1) is 18.3 Å². The lowest BCUT2D eigenvalue weighted by molar-refractivity contribution is 0.0690. The monoisotopic (exact) mass is 294 g/mol. The third-order valence-electron chi connectivity index (χ3n) is 2.67. The largest absolute Gasteiger partial charge is 0.476 e. The Morgan fingerprint density at radius 1 is 1.45 bits per heavy atom. The Labute approximate surface area is 119 Å². The van der Waals surface area contributed by atoms with Gasteiger partial charge >= 0.3 is 5.97 Å². The topological polar surface area (TPSA) is 97.1 Å². The Kier molecular flexibility index (Phi) is 4.14. The van der Waals surface area contributed by atoms with Crippen molar-refractivity contribution in [1.82, 2.24) is 20.3 Å². The fourth-order valence-corrected chi connectivity index (χ4v) is 2.66. The average Bonchev–Trinajstić information content (AvgIpc) is 2.96. The van der Waals surface area contributed by atoms with Crippen molar-refractivity contribution in [2.75, 3.05) is 6.54 Å². The maximum absolute atomic E-state index is 11.9. The van der Waals surface area contributed by atoms with Gasteiger partial charge in [0.15, 0.2) is 5.69 Å². The van der Waals surface area contributed by atoms with Crippen LogP contribution in [0.25, 0.3) is 0 Å². The molecule has 2 N–H and O–H groups in total. The predicted molar refractivity (Wildman–Crippen MR) is 73.1 cm³/mol. The molecule has 20 heavy (non-hydrogen) atoms. The van der Waals surface area contributed by atoms with Gasteiger partial charge in [0, 0.05) is 16.3 Å². The Morgan fingerprint density at radius 2 is 2.20 bits per heavy atom. The van der Waals surface area contributed by atoms with Gasteiger partial charge < -0.3 is 10.4 Å². The molecule has 2 aromatic heterocycles. The molecule has 0 unspecified atom stereocenters. The molecule has 106 valence electrons. The molecule has 0 saturated heterocycles. The summed E-state index contributed by atoms with van der Waals surface area (Å²) in [6, 6.07) is 1.85. The van der Waals surface area contributed by atoms with E-state index < -0.39 is 5.97 Å². The summed E-state index contributed by atoms with van der Waals surface area (Å²) in [5.41, 5.74) is 0.568. The van der Waals surface area contributed by atoms with Crippen LogP contribution < -0.4 is 5.32 Å². The van der Waals surface area contributed by atoms with Crippen molar-refractivity contribution < 1.29 is 14.7 Å². The number of carbonyl (C=O) groups is 2. The molecule has 0 radical (unpaired) electrons. The summed E-state index contributed by atoms with van der Waals surface area (Å²) in [5.74, 6) is -1.25. The van der Waals surface area contributed by atoms with Gasteiger partial charge in [-0.25, -0.2) is 9.48 Å². The summed E-state index contributed by atoms with van der Waals surface area (Å²) < 4.78 is 1.38. The summed E-state index contributed by atoms with van der Waals surface area (Å²) >= 11 is 1.58. The maximum atomic E-state index is 11.9. The van der Waals surface area contributed by atoms with Crippen LogP contribution in [-0.2, 0) is 6.54 Å². The van der Waals surface area contributed by atoms with Crippen LogP contribution in [-0.4, -0.2) is 38.5 Å². The maximum Gasteiger partial charge on any atom is 0.358 e. The van der Waals surface area contributed by atoms with E-state index in [0.717, 1.165) is 9.75 Å². The summed E-state index contributed by atoms with van der Waals surface area (Å²) in [6.07, 6.45) is 1.33. The zero-order valence-electron chi connectivity index (χ0n) is 11.1. The molecule has 2 aromatic rings. The van der Waals surface area contributed by atoms with Crippen molar-refractivity contribution in [2.45, 2.75) is 20.4 Å². The summed E-state index contributed by atoms with van der Waals surface area (Å²) in [5, 5.41) is 18.6. The van der Waals surface area contributed by atoms with Gasteiger partial charge in [-0.3, -0.25) is 4.79 Å². The molecular formula is C12H14N4O3S. The van der Waals surface area contributed by atoms with Crippen LogP contribution in [0.1, 0.15) is 30.6 Å². The van der Waals surface area contributed by atoms with Crippen LogP contribution in [0.2, 0.25) is 0 Å². The van der Waals surface area contributed by atoms with Crippen molar-refractivity contribution in [3.05, 3.63) is 33.3 Å². The van der Waals surface area contributed by atoms with Gasteiger partial charge in [0.1, 0.15) is 0 Å². The zero-order valence-corrected chi connectivity index (χ0v) is 11.9. The summed E-state index contributed by atoms with van der Waals surface area (Å²) in [4.78, 5) is 24.6. The number of aromatic nitrogens is 3. The van der Waals surface area contributed by atoms with E-state index in [1.165, 1.54) is 10.9 Å². The van der Waals surface area contributed by atoms with Gasteiger partial charge in [-0.2, -0.15) is 0 Å². The number of carboxylic acid groups (broad SMARTS) is 1. The Bertz CT molecular complexity index is 647. The summed E-state index contributed by atoms with van der Waals surface area (Å²) in [7, 11) is 0. The molecule has 8 heteroatoms. The highest BCUT2D eigenvalue weighted by Crippen LogP contribution is 2.20. The zero-order chi connectivity index (χ0) is 14.7. The van der Waals surface area contributed by atoms with Crippen molar-refractivity contribution in [3.63, 3.8) is 0 Å². The lowest BCUT2D eigenvalue weighted by Gasteiger charge is -2.04. The van der Waals surface area contributed by atoms with E-state index in [0.29, 0.717) is 18.7 Å². The smallest absolute Gasteiger partial charge is 0.358 e. The molecule has 0 aliphatic heterocycles. The molecule has 0 spiro atoms. The Balaban J connectivity index is 1.87. The van der Waals surface area contributed by atoms with Gasteiger partial charge in [-0.05, 0) is 19.9 Å². The first-order chi connectivity index (χ1) is 9.47. The second kappa shape index (κ2) is 5.83. The number of thiophene rings is 1. The normalized spacial score (nSPS) is 10.5. The quantitative estimate of drug-likeness (QED) is 0.860. The highest BCUT2D eigenvalue weighted by Gasteiger charge is 2.12. The molecule has 2 heterocycles. The predicted octanol–water partition coefficient (Wildman–Crippen LogP) is 1.08. The SMILES string of the molecule is Cc1cc(C(=O)NCCn2cc(C(=O)O)nn2)c(C)s1. The fourth-order valence-electron chi connectivity index (χ4n) is 1.74. The van der Waals surface area contributed by atoms with Crippen LogP contribution in [0, 0.1) is 13.8 Å². The van der Waals surface area contributed by atoms with Crippen molar-refractivity contribution in [1.29, 1.82) is 0 Å². The number of carboxylic acids is 1. The molecule has 2 rings (SSSR count). The third kappa shape index (κ3) is 3.21. The minimum atomic E-state index is -1.12. The van der Waals surface area contributed by atoms with Crippen molar-refractivity contribution >= 4 is 23.2 Å². The van der Waals surface area contributed by atoms with E-state index in [1.807, 2.05) is 19.9 Å². The second-order valence-electron chi connectivity index (χ2n) is 4.25. The number of carbonyl (C=O) groups excluding carboxylic acids is 1. The van der Waals surface area contributed by atoms with Gasteiger partial charge in [0.25, 0.3) is 5.91 Å². The summed E-state index contributed by atoms with van der Waals surface area (Å²) in [6.45, 7) is 4.59. The highest BCUT2D eigenvalue weighted by atomic mass is 32.1. The molecule has 0 bridgehead atoms. The van der Waals surface area contributed by atoms with E-state index in [2.05, 4.69) is 15.6 Å². The number of hydrogen-bond donors (Lipinski definition) is 2. The van der Waals surface area contributed by atoms with Gasteiger partial charge in [-0.1, -0.05) is 5.21 Å². The lowest BCUT2D eigenvalue weighted by Crippen LogP contribution is -2.27. The first kappa shape index (κ1) is 14.2. The molecule has 0 atom stereocenters. The number of nitrogens with zero attached hydrogens (tertiary/aromatic N) is 3. The average molecular weight is 294 g/mol. The first-order valence-electron chi connectivity index (χ1n) is 5.96. The number of nitrogens with one attached hydrogen (secondary N) is 1. The van der Waals surface area contributed by atoms with E-state index >= 15 is 0 Å². The molecule has 0 saturated carbocycles. The van der Waals surface area contributed by atoms with E-state index in [9.17, 15) is 9.59 Å². The number of amides is 1. The molecule has 0 aliphatic rings. The standard InChI is InChI=1S/C12H14N4O3S/c1-7-5-9(8(2)20-7)11(17)13-3-4-16-6-10(12(18)19)14-15-16/h5-6H,3-4H2,1-2H3,(H,13,17)(H,18,19). The van der Waals surface area contributed by atoms with Crippen LogP contribution in [0.3, 0.4) is 0 Å². The fraction of sp³-hybridized carbons (Fsp3) is 0.333. The molecular weight excluding hydrogens is 280 g/mol. The first-order valence-corrected chi connectivity index (χ1v) is 6.77. The molecule has 0 aliphatic carbocycles. The number of aromatic carboxylic acids is 1. The molecule has 7 nitrogen and oxygen atoms in total. The minimum absolute atomic E-state index is 0.111. The number of rotatable bonds is 5. The third-order valence-corrected chi connectivity index (χ3v) is 3.64. The Morgan fingerprint density at radius 3 is 2.75 bits per heavy atom. The highest BCUT2D eigenvalue weighted by molar-refractivity contribution is 7.12. The van der Waals surface area contributed by atoms with E-state index in [-0.39, 0.29) is 11.6 Å². The van der Waals surface area contributed by atoms with E-state index in [1.54, 1.807) is 11.3 Å². The van der Waals surface area contributed by atoms with Crippen molar-refractivity contribution in [3.8, 4) is 0 Å². The number of hydrogen-bond acceptors (Lipinski definition) is 5. The second-order valence-corrected chi connectivity index (χ2v) is 5.72. The molecule has 1 amide bonds. The Hall–Kier alpha value is -2.22. The van der Waals surface area contributed by atoms with Crippen LogP contribution in [0.15, 0.2) is 12.3 Å². The van der Waals surface area contributed by atoms with Crippen molar-refractivity contribution in [2.24, 2.45) is 0 Å². The molecule has 0 aromatic carbocycles. The molecule has 0 fully saturated rings. The van der Waals surface area contributed by atoms with Gasteiger partial charge in [-0.15, -0.1) is 16.4 Å². The van der Waals surface area contributed by atoms with Crippen LogP contribution in [0.4, 0.5) is 0 Å². The van der Waals surface area contributed by atoms with Gasteiger partial charge in [0.2, 0.25) is 0 Å².